The zero-order valence-electron chi connectivity index (χ0n) is 18.5. The van der Waals surface area contributed by atoms with Crippen molar-refractivity contribution >= 4 is 23.5 Å². The van der Waals surface area contributed by atoms with Gasteiger partial charge < -0.3 is 15.1 Å². The van der Waals surface area contributed by atoms with Gasteiger partial charge in [-0.25, -0.2) is 4.98 Å². The Morgan fingerprint density at radius 1 is 1.22 bits per heavy atom. The second kappa shape index (κ2) is 7.97. The van der Waals surface area contributed by atoms with Gasteiger partial charge >= 0.3 is 0 Å². The molecule has 1 saturated heterocycles. The molecule has 1 amide bonds. The molecule has 2 aromatic rings. The number of aromatic nitrogens is 4. The summed E-state index contributed by atoms with van der Waals surface area (Å²) in [6.07, 6.45) is 6.05. The van der Waals surface area contributed by atoms with E-state index in [9.17, 15) is 13.6 Å². The molecular weight excluding hydrogens is 416 g/mol. The lowest BCUT2D eigenvalue weighted by atomic mass is 10.0. The van der Waals surface area contributed by atoms with Crippen LogP contribution in [0.25, 0.3) is 0 Å². The third kappa shape index (κ3) is 3.69. The number of aromatic amines is 1. The fourth-order valence-electron chi connectivity index (χ4n) is 5.17. The third-order valence-electron chi connectivity index (χ3n) is 6.91. The summed E-state index contributed by atoms with van der Waals surface area (Å²) in [4.78, 5) is 24.8. The average molecular weight is 446 g/mol. The molecule has 3 heterocycles. The standard InChI is InChI=1S/C22H29F2N7O/c1-30(2)20(32)16-8-5-11-31(16)21-26-18-14(9-10-22(18,23)24)19(27-21)25-17-12-15(28-29-17)13-6-3-4-7-13/h12-13,16H,3-11H2,1-2H3,(H2,25,26,27,28,29). The molecule has 0 bridgehead atoms. The van der Waals surface area contributed by atoms with Gasteiger partial charge in [-0.3, -0.25) is 9.89 Å². The molecule has 1 atom stereocenters. The highest BCUT2D eigenvalue weighted by atomic mass is 19.3. The van der Waals surface area contributed by atoms with Gasteiger partial charge in [0.2, 0.25) is 11.9 Å². The molecule has 1 saturated carbocycles. The fourth-order valence-corrected chi connectivity index (χ4v) is 5.17. The number of hydrogen-bond donors (Lipinski definition) is 2. The zero-order valence-corrected chi connectivity index (χ0v) is 18.5. The normalized spacial score (nSPS) is 22.4. The minimum Gasteiger partial charge on any atom is -0.347 e. The molecule has 10 heteroatoms. The SMILES string of the molecule is CN(C)C(=O)C1CCCN1c1nc(Nc2cc(C3CCCC3)[nH]n2)c2c(n1)C(F)(F)CC2. The number of amides is 1. The molecule has 1 unspecified atom stereocenters. The molecule has 2 fully saturated rings. The van der Waals surface area contributed by atoms with Gasteiger partial charge in [0.15, 0.2) is 5.82 Å². The van der Waals surface area contributed by atoms with E-state index in [4.69, 9.17) is 0 Å². The van der Waals surface area contributed by atoms with Crippen LogP contribution in [0.3, 0.4) is 0 Å². The van der Waals surface area contributed by atoms with Crippen molar-refractivity contribution in [2.24, 2.45) is 0 Å². The number of nitrogens with one attached hydrogen (secondary N) is 2. The number of nitrogens with zero attached hydrogens (tertiary/aromatic N) is 5. The first kappa shape index (κ1) is 21.1. The first-order chi connectivity index (χ1) is 15.3. The lowest BCUT2D eigenvalue weighted by molar-refractivity contribution is -0.129. The molecule has 2 aliphatic carbocycles. The van der Waals surface area contributed by atoms with Crippen LogP contribution in [0.4, 0.5) is 26.4 Å². The molecule has 0 spiro atoms. The summed E-state index contributed by atoms with van der Waals surface area (Å²) < 4.78 is 29.4. The predicted molar refractivity (Wildman–Crippen MR) is 116 cm³/mol. The zero-order chi connectivity index (χ0) is 22.5. The first-order valence-corrected chi connectivity index (χ1v) is 11.4. The molecule has 1 aliphatic heterocycles. The van der Waals surface area contributed by atoms with Crippen LogP contribution >= 0.6 is 0 Å². The number of carbonyl (C=O) groups excluding carboxylic acids is 1. The number of rotatable bonds is 5. The topological polar surface area (TPSA) is 90.0 Å². The van der Waals surface area contributed by atoms with Crippen molar-refractivity contribution < 1.29 is 13.6 Å². The third-order valence-corrected chi connectivity index (χ3v) is 6.91. The molecule has 3 aliphatic rings. The van der Waals surface area contributed by atoms with Gasteiger partial charge in [0.05, 0.1) is 0 Å². The second-order valence-electron chi connectivity index (χ2n) is 9.30. The highest BCUT2D eigenvalue weighted by molar-refractivity contribution is 5.85. The van der Waals surface area contributed by atoms with Crippen LogP contribution in [0, 0.1) is 0 Å². The van der Waals surface area contributed by atoms with E-state index < -0.39 is 12.0 Å². The first-order valence-electron chi connectivity index (χ1n) is 11.4. The average Bonchev–Trinajstić information content (AvgIpc) is 3.54. The maximum absolute atomic E-state index is 14.7. The minimum atomic E-state index is -3.01. The molecule has 172 valence electrons. The van der Waals surface area contributed by atoms with Crippen molar-refractivity contribution in [2.75, 3.05) is 30.9 Å². The molecule has 8 nitrogen and oxygen atoms in total. The Labute approximate surface area is 185 Å². The van der Waals surface area contributed by atoms with E-state index in [1.807, 2.05) is 6.07 Å². The van der Waals surface area contributed by atoms with Gasteiger partial charge in [0.1, 0.15) is 17.6 Å². The van der Waals surface area contributed by atoms with Crippen LogP contribution in [-0.4, -0.2) is 57.7 Å². The second-order valence-corrected chi connectivity index (χ2v) is 9.30. The van der Waals surface area contributed by atoms with Crippen molar-refractivity contribution in [3.63, 3.8) is 0 Å². The van der Waals surface area contributed by atoms with Crippen molar-refractivity contribution in [3.8, 4) is 0 Å². The number of hydrogen-bond acceptors (Lipinski definition) is 6. The smallest absolute Gasteiger partial charge is 0.290 e. The van der Waals surface area contributed by atoms with Gasteiger partial charge in [0, 0.05) is 50.3 Å². The summed E-state index contributed by atoms with van der Waals surface area (Å²) in [6.45, 7) is 0.558. The van der Waals surface area contributed by atoms with Gasteiger partial charge in [0.25, 0.3) is 5.92 Å². The van der Waals surface area contributed by atoms with Crippen molar-refractivity contribution in [2.45, 2.75) is 69.2 Å². The van der Waals surface area contributed by atoms with Gasteiger partial charge in [-0.05, 0) is 32.1 Å². The van der Waals surface area contributed by atoms with Crippen molar-refractivity contribution in [1.82, 2.24) is 25.1 Å². The van der Waals surface area contributed by atoms with Crippen LogP contribution in [0.5, 0.6) is 0 Å². The molecular formula is C22H29F2N7O. The quantitative estimate of drug-likeness (QED) is 0.730. The number of H-pyrrole nitrogens is 1. The van der Waals surface area contributed by atoms with Crippen molar-refractivity contribution in [1.29, 1.82) is 0 Å². The number of fused-ring (bicyclic) bond motifs is 1. The predicted octanol–water partition coefficient (Wildman–Crippen LogP) is 3.70. The lowest BCUT2D eigenvalue weighted by Gasteiger charge is -2.27. The van der Waals surface area contributed by atoms with E-state index >= 15 is 0 Å². The van der Waals surface area contributed by atoms with Crippen LogP contribution in [0.2, 0.25) is 0 Å². The minimum absolute atomic E-state index is 0.0682. The fraction of sp³-hybridized carbons (Fsp3) is 0.636. The van der Waals surface area contributed by atoms with E-state index in [0.717, 1.165) is 25.0 Å². The molecule has 32 heavy (non-hydrogen) atoms. The van der Waals surface area contributed by atoms with E-state index in [1.165, 1.54) is 17.7 Å². The van der Waals surface area contributed by atoms with Gasteiger partial charge in [-0.2, -0.15) is 18.9 Å². The Bertz CT molecular complexity index is 1020. The van der Waals surface area contributed by atoms with E-state index in [-0.39, 0.29) is 30.4 Å². The van der Waals surface area contributed by atoms with Crippen LogP contribution in [0.1, 0.15) is 67.8 Å². The number of likely N-dealkylation sites (N-methyl/N-ethyl adjacent to an activating group) is 1. The number of anilines is 3. The highest BCUT2D eigenvalue weighted by Crippen LogP contribution is 2.44. The van der Waals surface area contributed by atoms with Crippen LogP contribution in [0.15, 0.2) is 6.07 Å². The Morgan fingerprint density at radius 3 is 2.75 bits per heavy atom. The molecule has 2 N–H and O–H groups in total. The summed E-state index contributed by atoms with van der Waals surface area (Å²) in [6, 6.07) is 1.51. The molecule has 0 radical (unpaired) electrons. The highest BCUT2D eigenvalue weighted by Gasteiger charge is 2.44. The summed E-state index contributed by atoms with van der Waals surface area (Å²) in [5, 5.41) is 10.6. The maximum Gasteiger partial charge on any atom is 0.290 e. The molecule has 2 aromatic heterocycles. The van der Waals surface area contributed by atoms with Gasteiger partial charge in [-0.15, -0.1) is 0 Å². The molecule has 5 rings (SSSR count). The number of halogens is 2. The van der Waals surface area contributed by atoms with E-state index in [0.29, 0.717) is 36.1 Å². The maximum atomic E-state index is 14.7. The summed E-state index contributed by atoms with van der Waals surface area (Å²) in [5.41, 5.74) is 1.26. The number of alkyl halides is 2. The summed E-state index contributed by atoms with van der Waals surface area (Å²) in [7, 11) is 3.39. The van der Waals surface area contributed by atoms with E-state index in [1.54, 1.807) is 19.0 Å². The number of carbonyl (C=O) groups is 1. The van der Waals surface area contributed by atoms with Gasteiger partial charge in [-0.1, -0.05) is 12.8 Å². The molecule has 0 aromatic carbocycles. The Morgan fingerprint density at radius 2 is 2.00 bits per heavy atom. The van der Waals surface area contributed by atoms with Crippen LogP contribution in [-0.2, 0) is 17.1 Å². The van der Waals surface area contributed by atoms with Crippen LogP contribution < -0.4 is 10.2 Å². The van der Waals surface area contributed by atoms with Crippen molar-refractivity contribution in [3.05, 3.63) is 23.0 Å². The summed E-state index contributed by atoms with van der Waals surface area (Å²) in [5.74, 6) is -1.51. The summed E-state index contributed by atoms with van der Waals surface area (Å²) >= 11 is 0. The lowest BCUT2D eigenvalue weighted by Crippen LogP contribution is -2.43. The Kier molecular flexibility index (Phi) is 5.25. The monoisotopic (exact) mass is 445 g/mol. The Balaban J connectivity index is 1.49. The largest absolute Gasteiger partial charge is 0.347 e. The van der Waals surface area contributed by atoms with E-state index in [2.05, 4.69) is 25.5 Å². The Hall–Kier alpha value is -2.78.